The Labute approximate surface area is 150 Å². The monoisotopic (exact) mass is 348 g/mol. The zero-order valence-corrected chi connectivity index (χ0v) is 15.4. The second-order valence-corrected chi connectivity index (χ2v) is 8.41. The normalized spacial score (nSPS) is 40.3. The summed E-state index contributed by atoms with van der Waals surface area (Å²) in [5.74, 6) is 0.193. The molecule has 0 radical (unpaired) electrons. The van der Waals surface area contributed by atoms with Crippen molar-refractivity contribution >= 4 is 0 Å². The van der Waals surface area contributed by atoms with Crippen molar-refractivity contribution in [3.63, 3.8) is 0 Å². The van der Waals surface area contributed by atoms with Gasteiger partial charge in [-0.05, 0) is 68.9 Å². The summed E-state index contributed by atoms with van der Waals surface area (Å²) in [6, 6.07) is 0. The molecule has 140 valence electrons. The van der Waals surface area contributed by atoms with Crippen LogP contribution >= 0.6 is 0 Å². The van der Waals surface area contributed by atoms with Gasteiger partial charge in [0.05, 0.1) is 18.3 Å². The maximum atomic E-state index is 11.1. The van der Waals surface area contributed by atoms with Crippen LogP contribution in [-0.2, 0) is 0 Å². The number of rotatable bonds is 4. The highest BCUT2D eigenvalue weighted by atomic mass is 16.4. The van der Waals surface area contributed by atoms with Crippen LogP contribution in [0.4, 0.5) is 0 Å². The van der Waals surface area contributed by atoms with Gasteiger partial charge in [-0.1, -0.05) is 30.7 Å². The van der Waals surface area contributed by atoms with Crippen LogP contribution < -0.4 is 0 Å². The molecule has 3 rings (SSSR count). The molecule has 25 heavy (non-hydrogen) atoms. The molecule has 3 aliphatic carbocycles. The first-order valence-corrected chi connectivity index (χ1v) is 9.58. The lowest BCUT2D eigenvalue weighted by molar-refractivity contribution is -0.159. The maximum Gasteiger partial charge on any atom is 0.106 e. The minimum absolute atomic E-state index is 0.193. The smallest absolute Gasteiger partial charge is 0.106 e. The molecule has 4 heteroatoms. The predicted octanol–water partition coefficient (Wildman–Crippen LogP) is 2.62. The molecule has 0 amide bonds. The first kappa shape index (κ1) is 18.8. The van der Waals surface area contributed by atoms with E-state index in [-0.39, 0.29) is 12.0 Å². The van der Waals surface area contributed by atoms with E-state index in [2.05, 4.69) is 32.1 Å². The maximum absolute atomic E-state index is 11.1. The summed E-state index contributed by atoms with van der Waals surface area (Å²) in [7, 11) is 0. The number of aliphatic hydroxyl groups is 4. The minimum atomic E-state index is -1.23. The molecule has 0 spiro atoms. The summed E-state index contributed by atoms with van der Waals surface area (Å²) in [6.45, 7) is 3.79. The highest BCUT2D eigenvalue weighted by molar-refractivity contribution is 5.37. The average Bonchev–Trinajstić information content (AvgIpc) is 2.88. The van der Waals surface area contributed by atoms with Gasteiger partial charge in [-0.2, -0.15) is 0 Å². The van der Waals surface area contributed by atoms with Crippen LogP contribution in [0.2, 0.25) is 0 Å². The summed E-state index contributed by atoms with van der Waals surface area (Å²) in [5.41, 5.74) is 2.14. The highest BCUT2D eigenvalue weighted by Crippen LogP contribution is 2.59. The van der Waals surface area contributed by atoms with E-state index in [0.29, 0.717) is 12.8 Å². The lowest BCUT2D eigenvalue weighted by Crippen LogP contribution is -2.55. The van der Waals surface area contributed by atoms with Crippen molar-refractivity contribution in [1.29, 1.82) is 0 Å². The van der Waals surface area contributed by atoms with Gasteiger partial charge < -0.3 is 20.4 Å². The van der Waals surface area contributed by atoms with Gasteiger partial charge in [0.25, 0.3) is 0 Å². The third kappa shape index (κ3) is 3.14. The van der Waals surface area contributed by atoms with Crippen molar-refractivity contribution in [3.8, 4) is 0 Å². The molecule has 0 unspecified atom stereocenters. The zero-order chi connectivity index (χ0) is 18.2. The van der Waals surface area contributed by atoms with E-state index in [4.69, 9.17) is 0 Å². The largest absolute Gasteiger partial charge is 0.394 e. The number of hydrogen-bond acceptors (Lipinski definition) is 4. The molecule has 0 bridgehead atoms. The van der Waals surface area contributed by atoms with Gasteiger partial charge in [-0.3, -0.25) is 0 Å². The molecule has 4 nitrogen and oxygen atoms in total. The molecular formula is C21H32O4. The number of allylic oxidation sites excluding steroid dienone is 5. The fourth-order valence-corrected chi connectivity index (χ4v) is 5.24. The van der Waals surface area contributed by atoms with Crippen molar-refractivity contribution in [2.45, 2.75) is 76.6 Å². The molecule has 1 saturated carbocycles. The Balaban J connectivity index is 1.83. The van der Waals surface area contributed by atoms with Crippen LogP contribution in [0, 0.1) is 11.3 Å². The van der Waals surface area contributed by atoms with Crippen molar-refractivity contribution in [1.82, 2.24) is 0 Å². The van der Waals surface area contributed by atoms with Gasteiger partial charge in [0.1, 0.15) is 6.10 Å². The summed E-state index contributed by atoms with van der Waals surface area (Å²) in [5, 5.41) is 40.7. The fraction of sp³-hybridized carbons (Fsp3) is 0.714. The molecular weight excluding hydrogens is 316 g/mol. The lowest BCUT2D eigenvalue weighted by Gasteiger charge is -2.47. The summed E-state index contributed by atoms with van der Waals surface area (Å²) < 4.78 is 0. The fourth-order valence-electron chi connectivity index (χ4n) is 5.24. The molecule has 0 aromatic heterocycles. The van der Waals surface area contributed by atoms with Gasteiger partial charge in [0, 0.05) is 5.41 Å². The third-order valence-corrected chi connectivity index (χ3v) is 7.08. The number of aliphatic hydroxyl groups excluding tert-OH is 3. The summed E-state index contributed by atoms with van der Waals surface area (Å²) in [4.78, 5) is 0. The number of fused-ring (bicyclic) bond motifs is 1. The van der Waals surface area contributed by atoms with Crippen LogP contribution in [0.3, 0.4) is 0 Å². The van der Waals surface area contributed by atoms with Gasteiger partial charge in [0.2, 0.25) is 0 Å². The van der Waals surface area contributed by atoms with Crippen LogP contribution in [0.15, 0.2) is 34.9 Å². The van der Waals surface area contributed by atoms with Crippen LogP contribution in [0.1, 0.15) is 58.8 Å². The topological polar surface area (TPSA) is 80.9 Å². The molecule has 4 N–H and O–H groups in total. The van der Waals surface area contributed by atoms with E-state index in [1.54, 1.807) is 0 Å². The minimum Gasteiger partial charge on any atom is -0.394 e. The first-order valence-electron chi connectivity index (χ1n) is 9.58. The zero-order valence-electron chi connectivity index (χ0n) is 15.4. The average molecular weight is 348 g/mol. The summed E-state index contributed by atoms with van der Waals surface area (Å²) >= 11 is 0. The van der Waals surface area contributed by atoms with E-state index in [1.165, 1.54) is 16.7 Å². The second kappa shape index (κ2) is 6.99. The van der Waals surface area contributed by atoms with E-state index in [1.807, 2.05) is 0 Å². The molecule has 0 heterocycles. The Kier molecular flexibility index (Phi) is 5.27. The Bertz CT molecular complexity index is 605. The van der Waals surface area contributed by atoms with Crippen molar-refractivity contribution in [3.05, 3.63) is 34.9 Å². The Hall–Kier alpha value is -0.940. The predicted molar refractivity (Wildman–Crippen MR) is 97.9 cm³/mol. The Morgan fingerprint density at radius 2 is 2.04 bits per heavy atom. The highest BCUT2D eigenvalue weighted by Gasteiger charge is 2.60. The van der Waals surface area contributed by atoms with E-state index < -0.39 is 23.7 Å². The van der Waals surface area contributed by atoms with Crippen LogP contribution in [0.5, 0.6) is 0 Å². The standard InChI is InChI=1S/C21H32O4/c1-14-5-8-17(23)12-16(14)7-6-15-4-3-10-20(2)18(15)9-11-21(20,25)19(24)13-22/h4,6-7,17-19,22-25H,3,5,8-13H2,1-2H3/b7-6+/t17-,18+,19-,20+,21+/m1/s1. The molecule has 3 aliphatic rings. The van der Waals surface area contributed by atoms with Crippen LogP contribution in [0.25, 0.3) is 0 Å². The van der Waals surface area contributed by atoms with Crippen molar-refractivity contribution in [2.24, 2.45) is 11.3 Å². The number of hydrogen-bond donors (Lipinski definition) is 4. The van der Waals surface area contributed by atoms with Crippen LogP contribution in [-0.4, -0.2) is 44.8 Å². The SMILES string of the molecule is CC1=C(/C=C/C2=CCC[C@@]3(C)[C@H]2CC[C@]3(O)[C@H](O)CO)C[C@H](O)CC1. The van der Waals surface area contributed by atoms with E-state index in [0.717, 1.165) is 32.1 Å². The van der Waals surface area contributed by atoms with Crippen molar-refractivity contribution in [2.75, 3.05) is 6.61 Å². The third-order valence-electron chi connectivity index (χ3n) is 7.08. The first-order chi connectivity index (χ1) is 11.8. The Morgan fingerprint density at radius 1 is 1.28 bits per heavy atom. The Morgan fingerprint density at radius 3 is 2.76 bits per heavy atom. The van der Waals surface area contributed by atoms with Crippen molar-refractivity contribution < 1.29 is 20.4 Å². The van der Waals surface area contributed by atoms with E-state index >= 15 is 0 Å². The molecule has 0 aliphatic heterocycles. The van der Waals surface area contributed by atoms with Gasteiger partial charge in [-0.25, -0.2) is 0 Å². The molecule has 5 atom stereocenters. The van der Waals surface area contributed by atoms with Gasteiger partial charge in [0.15, 0.2) is 0 Å². The quantitative estimate of drug-likeness (QED) is 0.630. The molecule has 1 fully saturated rings. The molecule has 0 saturated heterocycles. The van der Waals surface area contributed by atoms with Gasteiger partial charge >= 0.3 is 0 Å². The lowest BCUT2D eigenvalue weighted by atomic mass is 9.61. The second-order valence-electron chi connectivity index (χ2n) is 8.41. The van der Waals surface area contributed by atoms with E-state index in [9.17, 15) is 20.4 Å². The summed E-state index contributed by atoms with van der Waals surface area (Å²) in [6.07, 6.45) is 10.7. The molecule has 0 aromatic carbocycles. The van der Waals surface area contributed by atoms with Gasteiger partial charge in [-0.15, -0.1) is 0 Å². The molecule has 0 aromatic rings.